The molecule has 3 atom stereocenters. The number of amides is 2. The molecule has 1 heterocycles. The summed E-state index contributed by atoms with van der Waals surface area (Å²) in [6.07, 6.45) is -1.99. The second-order valence-corrected chi connectivity index (χ2v) is 8.03. The highest BCUT2D eigenvalue weighted by atomic mass is 19.4. The van der Waals surface area contributed by atoms with Gasteiger partial charge in [0, 0.05) is 25.0 Å². The van der Waals surface area contributed by atoms with Crippen molar-refractivity contribution in [3.63, 3.8) is 0 Å². The van der Waals surface area contributed by atoms with E-state index in [0.717, 1.165) is 24.5 Å². The normalized spacial score (nSPS) is 24.4. The monoisotopic (exact) mass is 412 g/mol. The zero-order valence-corrected chi connectivity index (χ0v) is 16.7. The molecule has 1 aliphatic carbocycles. The van der Waals surface area contributed by atoms with Crippen LogP contribution in [0.4, 0.5) is 18.0 Å². The van der Waals surface area contributed by atoms with Crippen molar-refractivity contribution in [3.8, 4) is 0 Å². The number of alkyl carbamates (subject to hydrolysis) is 1. The molecule has 0 aromatic heterocycles. The van der Waals surface area contributed by atoms with Gasteiger partial charge in [0.2, 0.25) is 5.91 Å². The number of piperidine rings is 1. The lowest BCUT2D eigenvalue weighted by Crippen LogP contribution is -2.46. The summed E-state index contributed by atoms with van der Waals surface area (Å²) in [4.78, 5) is 26.1. The van der Waals surface area contributed by atoms with Crippen molar-refractivity contribution >= 4 is 12.0 Å². The van der Waals surface area contributed by atoms with Crippen LogP contribution in [0.2, 0.25) is 0 Å². The first kappa shape index (κ1) is 21.5. The third-order valence-corrected chi connectivity index (χ3v) is 6.24. The molecule has 1 aliphatic heterocycles. The number of hydrogen-bond acceptors (Lipinski definition) is 3. The minimum absolute atomic E-state index is 0.00667. The van der Waals surface area contributed by atoms with Gasteiger partial charge in [0.1, 0.15) is 0 Å². The molecule has 1 saturated carbocycles. The summed E-state index contributed by atoms with van der Waals surface area (Å²) in [6.45, 7) is 3.27. The van der Waals surface area contributed by atoms with E-state index in [1.165, 1.54) is 19.2 Å². The number of ether oxygens (including phenoxy) is 1. The molecule has 0 radical (unpaired) electrons. The van der Waals surface area contributed by atoms with Gasteiger partial charge in [-0.3, -0.25) is 4.79 Å². The summed E-state index contributed by atoms with van der Waals surface area (Å²) in [7, 11) is 1.27. The van der Waals surface area contributed by atoms with Gasteiger partial charge in [0.05, 0.1) is 18.6 Å². The Morgan fingerprint density at radius 1 is 1.38 bits per heavy atom. The van der Waals surface area contributed by atoms with Gasteiger partial charge < -0.3 is 15.0 Å². The third kappa shape index (κ3) is 4.51. The summed E-state index contributed by atoms with van der Waals surface area (Å²) in [6, 6.07) is 5.60. The molecule has 2 unspecified atom stereocenters. The van der Waals surface area contributed by atoms with Gasteiger partial charge in [0.15, 0.2) is 0 Å². The lowest BCUT2D eigenvalue weighted by Gasteiger charge is -2.34. The maximum Gasteiger partial charge on any atom is 0.416 e. The van der Waals surface area contributed by atoms with E-state index in [4.69, 9.17) is 0 Å². The zero-order chi connectivity index (χ0) is 21.2. The van der Waals surface area contributed by atoms with E-state index < -0.39 is 17.8 Å². The number of nitrogens with zero attached hydrogens (tertiary/aromatic N) is 1. The van der Waals surface area contributed by atoms with Crippen LogP contribution in [0.1, 0.15) is 43.7 Å². The first-order valence-corrected chi connectivity index (χ1v) is 9.99. The summed E-state index contributed by atoms with van der Waals surface area (Å²) < 4.78 is 43.8. The molecule has 1 aromatic rings. The van der Waals surface area contributed by atoms with E-state index in [1.54, 1.807) is 6.07 Å². The lowest BCUT2D eigenvalue weighted by molar-refractivity contribution is -0.137. The van der Waals surface area contributed by atoms with Crippen LogP contribution in [0, 0.1) is 11.8 Å². The Hall–Kier alpha value is -2.25. The standard InChI is InChI=1S/C21H27F3N2O3/c1-3-5-14(12-25-19(28)29-2)18(27)26-9-8-20(11-17(20)13-26)15-6-4-7-16(10-15)21(22,23)24/h4,6-7,10,14,17H,3,5,8-9,11-13H2,1-2H3,(H,25,28)/t14-,17?,20?/m1/s1. The molecule has 5 nitrogen and oxygen atoms in total. The average molecular weight is 412 g/mol. The van der Waals surface area contributed by atoms with E-state index >= 15 is 0 Å². The molecule has 3 rings (SSSR count). The van der Waals surface area contributed by atoms with Crippen LogP contribution in [0.15, 0.2) is 24.3 Å². The smallest absolute Gasteiger partial charge is 0.416 e. The Kier molecular flexibility index (Phi) is 6.10. The Bertz CT molecular complexity index is 768. The Morgan fingerprint density at radius 2 is 2.14 bits per heavy atom. The predicted molar refractivity (Wildman–Crippen MR) is 101 cm³/mol. The molecule has 29 heavy (non-hydrogen) atoms. The summed E-state index contributed by atoms with van der Waals surface area (Å²) in [5, 5.41) is 2.60. The van der Waals surface area contributed by atoms with E-state index in [0.29, 0.717) is 25.9 Å². The molecule has 1 N–H and O–H groups in total. The molecule has 160 valence electrons. The van der Waals surface area contributed by atoms with Crippen molar-refractivity contribution in [3.05, 3.63) is 35.4 Å². The number of nitrogens with one attached hydrogen (secondary N) is 1. The van der Waals surface area contributed by atoms with Gasteiger partial charge in [-0.2, -0.15) is 13.2 Å². The first-order chi connectivity index (χ1) is 13.7. The van der Waals surface area contributed by atoms with E-state index in [2.05, 4.69) is 10.1 Å². The second-order valence-electron chi connectivity index (χ2n) is 8.03. The number of benzene rings is 1. The molecule has 2 amide bonds. The van der Waals surface area contributed by atoms with Gasteiger partial charge in [-0.25, -0.2) is 4.79 Å². The van der Waals surface area contributed by atoms with Crippen molar-refractivity contribution < 1.29 is 27.5 Å². The highest BCUT2D eigenvalue weighted by molar-refractivity contribution is 5.80. The van der Waals surface area contributed by atoms with E-state index in [-0.39, 0.29) is 29.7 Å². The fourth-order valence-electron chi connectivity index (χ4n) is 4.52. The average Bonchev–Trinajstić information content (AvgIpc) is 3.45. The van der Waals surface area contributed by atoms with Crippen molar-refractivity contribution in [2.24, 2.45) is 11.8 Å². The zero-order valence-electron chi connectivity index (χ0n) is 16.7. The largest absolute Gasteiger partial charge is 0.453 e. The highest BCUT2D eigenvalue weighted by Crippen LogP contribution is 2.59. The van der Waals surface area contributed by atoms with Crippen LogP contribution in [0.3, 0.4) is 0 Å². The number of methoxy groups -OCH3 is 1. The summed E-state index contributed by atoms with van der Waals surface area (Å²) >= 11 is 0. The third-order valence-electron chi connectivity index (χ3n) is 6.24. The van der Waals surface area contributed by atoms with Gasteiger partial charge in [-0.15, -0.1) is 0 Å². The fraction of sp³-hybridized carbons (Fsp3) is 0.619. The molecular formula is C21H27F3N2O3. The number of halogens is 3. The molecule has 2 fully saturated rings. The van der Waals surface area contributed by atoms with Crippen LogP contribution >= 0.6 is 0 Å². The van der Waals surface area contributed by atoms with E-state index in [9.17, 15) is 22.8 Å². The van der Waals surface area contributed by atoms with Crippen LogP contribution < -0.4 is 5.32 Å². The lowest BCUT2D eigenvalue weighted by atomic mass is 9.86. The van der Waals surface area contributed by atoms with Crippen molar-refractivity contribution in [1.82, 2.24) is 10.2 Å². The van der Waals surface area contributed by atoms with Gasteiger partial charge in [-0.05, 0) is 36.8 Å². The molecule has 0 bridgehead atoms. The van der Waals surface area contributed by atoms with Gasteiger partial charge in [0.25, 0.3) is 0 Å². The van der Waals surface area contributed by atoms with Crippen LogP contribution in [0.25, 0.3) is 0 Å². The predicted octanol–water partition coefficient (Wildman–Crippen LogP) is 3.97. The molecular weight excluding hydrogens is 385 g/mol. The van der Waals surface area contributed by atoms with Gasteiger partial charge >= 0.3 is 12.3 Å². The van der Waals surface area contributed by atoms with Crippen LogP contribution in [-0.4, -0.2) is 43.6 Å². The number of likely N-dealkylation sites (tertiary alicyclic amines) is 1. The maximum absolute atomic E-state index is 13.1. The minimum Gasteiger partial charge on any atom is -0.453 e. The Labute approximate surface area is 168 Å². The summed E-state index contributed by atoms with van der Waals surface area (Å²) in [5.41, 5.74) is -0.143. The number of carbonyl (C=O) groups excluding carboxylic acids is 2. The molecule has 1 aromatic carbocycles. The van der Waals surface area contributed by atoms with Crippen molar-refractivity contribution in [2.75, 3.05) is 26.7 Å². The van der Waals surface area contributed by atoms with Crippen molar-refractivity contribution in [1.29, 1.82) is 0 Å². The fourth-order valence-corrected chi connectivity index (χ4v) is 4.52. The number of carbonyl (C=O) groups is 2. The number of fused-ring (bicyclic) bond motifs is 1. The second kappa shape index (κ2) is 8.24. The summed E-state index contributed by atoms with van der Waals surface area (Å²) in [5.74, 6) is -0.147. The molecule has 2 aliphatic rings. The number of hydrogen-bond donors (Lipinski definition) is 1. The Morgan fingerprint density at radius 3 is 2.76 bits per heavy atom. The van der Waals surface area contributed by atoms with Gasteiger partial charge in [-0.1, -0.05) is 31.5 Å². The highest BCUT2D eigenvalue weighted by Gasteiger charge is 2.58. The molecule has 0 spiro atoms. The van der Waals surface area contributed by atoms with Crippen LogP contribution in [-0.2, 0) is 21.1 Å². The van der Waals surface area contributed by atoms with Crippen LogP contribution in [0.5, 0.6) is 0 Å². The minimum atomic E-state index is -4.35. The first-order valence-electron chi connectivity index (χ1n) is 9.99. The maximum atomic E-state index is 13.1. The Balaban J connectivity index is 1.65. The molecule has 1 saturated heterocycles. The van der Waals surface area contributed by atoms with Crippen molar-refractivity contribution in [2.45, 2.75) is 44.2 Å². The quantitative estimate of drug-likeness (QED) is 0.769. The SMILES string of the molecule is CCC[C@H](CNC(=O)OC)C(=O)N1CCC2(c3cccc(C(F)(F)F)c3)CC2C1. The van der Waals surface area contributed by atoms with E-state index in [1.807, 2.05) is 11.8 Å². The number of rotatable bonds is 6. The number of alkyl halides is 3. The molecule has 8 heteroatoms. The topological polar surface area (TPSA) is 58.6 Å².